The van der Waals surface area contributed by atoms with Gasteiger partial charge in [0.2, 0.25) is 0 Å². The van der Waals surface area contributed by atoms with E-state index in [0.717, 1.165) is 17.3 Å². The second kappa shape index (κ2) is 8.10. The van der Waals surface area contributed by atoms with Gasteiger partial charge in [-0.05, 0) is 36.4 Å². The molecular formula is C20H19NO4S. The van der Waals surface area contributed by atoms with E-state index in [0.29, 0.717) is 28.6 Å². The minimum Gasteiger partial charge on any atom is -0.493 e. The summed E-state index contributed by atoms with van der Waals surface area (Å²) in [4.78, 5) is 26.6. The molecule has 2 aromatic rings. The molecule has 0 unspecified atom stereocenters. The van der Waals surface area contributed by atoms with E-state index >= 15 is 0 Å². The van der Waals surface area contributed by atoms with Gasteiger partial charge in [-0.2, -0.15) is 0 Å². The molecule has 1 fully saturated rings. The monoisotopic (exact) mass is 369 g/mol. The first-order valence-electron chi connectivity index (χ1n) is 8.23. The van der Waals surface area contributed by atoms with Gasteiger partial charge in [0.25, 0.3) is 11.1 Å². The van der Waals surface area contributed by atoms with Crippen LogP contribution in [0.4, 0.5) is 4.79 Å². The third-order valence-electron chi connectivity index (χ3n) is 3.86. The van der Waals surface area contributed by atoms with Crippen molar-refractivity contribution in [3.8, 4) is 11.5 Å². The SMILES string of the molecule is CCOc1c(/C=C2\SC(=O)N(Cc3ccccc3)C2=O)cccc1OC. The predicted molar refractivity (Wildman–Crippen MR) is 102 cm³/mol. The van der Waals surface area contributed by atoms with Crippen LogP contribution in [-0.2, 0) is 11.3 Å². The van der Waals surface area contributed by atoms with Gasteiger partial charge in [0, 0.05) is 5.56 Å². The Morgan fingerprint density at radius 2 is 1.85 bits per heavy atom. The van der Waals surface area contributed by atoms with E-state index in [1.54, 1.807) is 19.3 Å². The van der Waals surface area contributed by atoms with Gasteiger partial charge >= 0.3 is 0 Å². The van der Waals surface area contributed by atoms with Gasteiger partial charge in [0.05, 0.1) is 25.2 Å². The molecule has 0 spiro atoms. The van der Waals surface area contributed by atoms with Crippen molar-refractivity contribution >= 4 is 29.0 Å². The zero-order chi connectivity index (χ0) is 18.5. The van der Waals surface area contributed by atoms with Crippen molar-refractivity contribution in [3.05, 3.63) is 64.6 Å². The standard InChI is InChI=1S/C20H19NO4S/c1-3-25-18-15(10-7-11-16(18)24-2)12-17-19(22)21(20(23)26-17)13-14-8-5-4-6-9-14/h4-12H,3,13H2,1-2H3/b17-12-. The van der Waals surface area contributed by atoms with E-state index in [9.17, 15) is 9.59 Å². The zero-order valence-corrected chi connectivity index (χ0v) is 15.4. The molecule has 1 saturated heterocycles. The fraction of sp³-hybridized carbons (Fsp3) is 0.200. The van der Waals surface area contributed by atoms with Crippen molar-refractivity contribution < 1.29 is 19.1 Å². The number of benzene rings is 2. The smallest absolute Gasteiger partial charge is 0.293 e. The molecule has 0 bridgehead atoms. The lowest BCUT2D eigenvalue weighted by atomic mass is 10.1. The number of carbonyl (C=O) groups is 2. The lowest BCUT2D eigenvalue weighted by molar-refractivity contribution is -0.123. The van der Waals surface area contributed by atoms with E-state index in [-0.39, 0.29) is 17.7 Å². The Morgan fingerprint density at radius 3 is 2.54 bits per heavy atom. The van der Waals surface area contributed by atoms with Gasteiger partial charge in [0.15, 0.2) is 11.5 Å². The largest absolute Gasteiger partial charge is 0.493 e. The number of para-hydroxylation sites is 1. The summed E-state index contributed by atoms with van der Waals surface area (Å²) in [5, 5.41) is -0.272. The molecule has 5 nitrogen and oxygen atoms in total. The van der Waals surface area contributed by atoms with Crippen LogP contribution in [0.5, 0.6) is 11.5 Å². The summed E-state index contributed by atoms with van der Waals surface area (Å²) in [6.07, 6.45) is 1.68. The number of hydrogen-bond acceptors (Lipinski definition) is 5. The van der Waals surface area contributed by atoms with Crippen molar-refractivity contribution in [1.29, 1.82) is 0 Å². The Labute approximate surface area is 156 Å². The summed E-state index contributed by atoms with van der Waals surface area (Å²) >= 11 is 0.938. The predicted octanol–water partition coefficient (Wildman–Crippen LogP) is 4.33. The number of thioether (sulfide) groups is 1. The van der Waals surface area contributed by atoms with Gasteiger partial charge in [-0.3, -0.25) is 14.5 Å². The van der Waals surface area contributed by atoms with Crippen LogP contribution >= 0.6 is 11.8 Å². The molecule has 2 amide bonds. The van der Waals surface area contributed by atoms with Gasteiger partial charge < -0.3 is 9.47 Å². The number of rotatable bonds is 6. The van der Waals surface area contributed by atoms with E-state index in [1.807, 2.05) is 49.4 Å². The Hall–Kier alpha value is -2.73. The number of imide groups is 1. The van der Waals surface area contributed by atoms with Crippen LogP contribution < -0.4 is 9.47 Å². The fourth-order valence-electron chi connectivity index (χ4n) is 2.65. The quantitative estimate of drug-likeness (QED) is 0.710. The second-order valence-electron chi connectivity index (χ2n) is 5.57. The fourth-order valence-corrected chi connectivity index (χ4v) is 3.48. The van der Waals surface area contributed by atoms with Crippen LogP contribution in [0.2, 0.25) is 0 Å². The zero-order valence-electron chi connectivity index (χ0n) is 14.6. The number of ether oxygens (including phenoxy) is 2. The van der Waals surface area contributed by atoms with Crippen molar-refractivity contribution in [1.82, 2.24) is 4.90 Å². The molecule has 3 rings (SSSR count). The van der Waals surface area contributed by atoms with Gasteiger partial charge in [-0.15, -0.1) is 0 Å². The molecule has 2 aromatic carbocycles. The molecular weight excluding hydrogens is 350 g/mol. The lowest BCUT2D eigenvalue weighted by Crippen LogP contribution is -2.27. The van der Waals surface area contributed by atoms with E-state index in [1.165, 1.54) is 4.90 Å². The number of methoxy groups -OCH3 is 1. The maximum absolute atomic E-state index is 12.7. The highest BCUT2D eigenvalue weighted by atomic mass is 32.2. The topological polar surface area (TPSA) is 55.8 Å². The Balaban J connectivity index is 1.89. The molecule has 0 aliphatic carbocycles. The maximum atomic E-state index is 12.7. The number of nitrogens with zero attached hydrogens (tertiary/aromatic N) is 1. The molecule has 0 saturated carbocycles. The summed E-state index contributed by atoms with van der Waals surface area (Å²) in [5.74, 6) is 0.852. The molecule has 1 aliphatic rings. The average Bonchev–Trinajstić information content (AvgIpc) is 2.91. The molecule has 1 heterocycles. The Kier molecular flexibility index (Phi) is 5.63. The average molecular weight is 369 g/mol. The minimum absolute atomic E-state index is 0.263. The highest BCUT2D eigenvalue weighted by molar-refractivity contribution is 8.18. The van der Waals surface area contributed by atoms with Crippen LogP contribution in [0.15, 0.2) is 53.4 Å². The van der Waals surface area contributed by atoms with Crippen molar-refractivity contribution in [3.63, 3.8) is 0 Å². The second-order valence-corrected chi connectivity index (χ2v) is 6.56. The van der Waals surface area contributed by atoms with Gasteiger partial charge in [-0.1, -0.05) is 42.5 Å². The Morgan fingerprint density at radius 1 is 1.08 bits per heavy atom. The summed E-state index contributed by atoms with van der Waals surface area (Å²) in [7, 11) is 1.56. The molecule has 26 heavy (non-hydrogen) atoms. The van der Waals surface area contributed by atoms with Crippen LogP contribution in [0.25, 0.3) is 6.08 Å². The third-order valence-corrected chi connectivity index (χ3v) is 4.77. The van der Waals surface area contributed by atoms with Gasteiger partial charge in [-0.25, -0.2) is 0 Å². The molecule has 0 N–H and O–H groups in total. The van der Waals surface area contributed by atoms with Crippen LogP contribution in [-0.4, -0.2) is 29.8 Å². The lowest BCUT2D eigenvalue weighted by Gasteiger charge is -2.13. The van der Waals surface area contributed by atoms with Crippen molar-refractivity contribution in [2.75, 3.05) is 13.7 Å². The van der Waals surface area contributed by atoms with Crippen molar-refractivity contribution in [2.24, 2.45) is 0 Å². The first kappa shape index (κ1) is 18.1. The summed E-state index contributed by atoms with van der Waals surface area (Å²) in [6.45, 7) is 2.61. The summed E-state index contributed by atoms with van der Waals surface area (Å²) < 4.78 is 11.0. The highest BCUT2D eigenvalue weighted by Gasteiger charge is 2.35. The first-order chi connectivity index (χ1) is 12.6. The van der Waals surface area contributed by atoms with Gasteiger partial charge in [0.1, 0.15) is 0 Å². The number of amides is 2. The molecule has 1 aliphatic heterocycles. The first-order valence-corrected chi connectivity index (χ1v) is 9.04. The van der Waals surface area contributed by atoms with Crippen LogP contribution in [0, 0.1) is 0 Å². The Bertz CT molecular complexity index is 848. The third kappa shape index (κ3) is 3.75. The maximum Gasteiger partial charge on any atom is 0.293 e. The molecule has 0 atom stereocenters. The summed E-state index contributed by atoms with van der Waals surface area (Å²) in [5.41, 5.74) is 1.61. The highest BCUT2D eigenvalue weighted by Crippen LogP contribution is 2.37. The van der Waals surface area contributed by atoms with E-state index in [2.05, 4.69) is 0 Å². The van der Waals surface area contributed by atoms with E-state index in [4.69, 9.17) is 9.47 Å². The number of carbonyl (C=O) groups excluding carboxylic acids is 2. The molecule has 6 heteroatoms. The normalized spacial score (nSPS) is 15.6. The van der Waals surface area contributed by atoms with Crippen molar-refractivity contribution in [2.45, 2.75) is 13.5 Å². The summed E-state index contributed by atoms with van der Waals surface area (Å²) in [6, 6.07) is 14.9. The van der Waals surface area contributed by atoms with Crippen LogP contribution in [0.1, 0.15) is 18.1 Å². The minimum atomic E-state index is -0.297. The molecule has 0 radical (unpaired) electrons. The van der Waals surface area contributed by atoms with Crippen LogP contribution in [0.3, 0.4) is 0 Å². The van der Waals surface area contributed by atoms with E-state index < -0.39 is 0 Å². The number of hydrogen-bond donors (Lipinski definition) is 0. The molecule has 0 aromatic heterocycles. The molecule has 134 valence electrons.